The molecule has 2 N–H and O–H groups in total. The zero-order valence-electron chi connectivity index (χ0n) is 14.0. The largest absolute Gasteiger partial charge is 0.497 e. The van der Waals surface area contributed by atoms with Crippen molar-refractivity contribution in [2.45, 2.75) is 4.90 Å². The molecule has 3 rings (SSSR count). The highest BCUT2D eigenvalue weighted by molar-refractivity contribution is 7.92. The first-order chi connectivity index (χ1) is 12.9. The maximum atomic E-state index is 13.2. The number of anilines is 3. The lowest BCUT2D eigenvalue weighted by Gasteiger charge is -2.09. The molecule has 3 aromatic rings. The van der Waals surface area contributed by atoms with Crippen LogP contribution in [0.1, 0.15) is 0 Å². The van der Waals surface area contributed by atoms with Crippen molar-refractivity contribution in [2.24, 2.45) is 0 Å². The first-order valence-electron chi connectivity index (χ1n) is 7.60. The molecular weight excluding hydrogens is 378 g/mol. The molecule has 27 heavy (non-hydrogen) atoms. The monoisotopic (exact) mass is 392 g/mol. The van der Waals surface area contributed by atoms with Gasteiger partial charge in [0.15, 0.2) is 23.3 Å². The Kier molecular flexibility index (Phi) is 5.17. The number of hydrogen-bond acceptors (Lipinski definition) is 6. The fourth-order valence-electron chi connectivity index (χ4n) is 2.13. The molecule has 0 saturated heterocycles. The Morgan fingerprint density at radius 3 is 2.15 bits per heavy atom. The van der Waals surface area contributed by atoms with Crippen LogP contribution in [0.3, 0.4) is 0 Å². The molecular formula is C17H14F2N4O3S. The fraction of sp³-hybridized carbons (Fsp3) is 0.0588. The highest BCUT2D eigenvalue weighted by Gasteiger charge is 2.15. The molecule has 1 heterocycles. The van der Waals surface area contributed by atoms with Crippen molar-refractivity contribution in [3.8, 4) is 5.75 Å². The van der Waals surface area contributed by atoms with Gasteiger partial charge >= 0.3 is 0 Å². The number of rotatable bonds is 6. The molecule has 7 nitrogen and oxygen atoms in total. The standard InChI is InChI=1S/C17H14F2N4O3S/c1-26-12-3-5-13(6-4-12)27(24,25)23-17-9-8-16(21-22-17)20-11-2-7-14(18)15(19)10-11/h2-10H,1H3,(H,20,21)(H,22,23). The predicted octanol–water partition coefficient (Wildman–Crippen LogP) is 3.31. The van der Waals surface area contributed by atoms with Crippen molar-refractivity contribution in [2.75, 3.05) is 17.1 Å². The van der Waals surface area contributed by atoms with Gasteiger partial charge in [-0.1, -0.05) is 0 Å². The van der Waals surface area contributed by atoms with Crippen LogP contribution in [0.2, 0.25) is 0 Å². The maximum absolute atomic E-state index is 13.2. The minimum absolute atomic E-state index is 0.00153. The highest BCUT2D eigenvalue weighted by Crippen LogP contribution is 2.20. The van der Waals surface area contributed by atoms with Gasteiger partial charge in [0.1, 0.15) is 5.75 Å². The summed E-state index contributed by atoms with van der Waals surface area (Å²) in [7, 11) is -2.36. The number of nitrogens with zero attached hydrogens (tertiary/aromatic N) is 2. The Morgan fingerprint density at radius 2 is 1.56 bits per heavy atom. The van der Waals surface area contributed by atoms with E-state index in [1.807, 2.05) is 0 Å². The van der Waals surface area contributed by atoms with Gasteiger partial charge in [-0.2, -0.15) is 0 Å². The average Bonchev–Trinajstić information content (AvgIpc) is 2.66. The van der Waals surface area contributed by atoms with Crippen LogP contribution in [-0.2, 0) is 10.0 Å². The summed E-state index contributed by atoms with van der Waals surface area (Å²) in [5.41, 5.74) is 0.273. The molecule has 10 heteroatoms. The van der Waals surface area contributed by atoms with E-state index in [0.717, 1.165) is 12.1 Å². The van der Waals surface area contributed by atoms with Crippen molar-refractivity contribution in [1.29, 1.82) is 0 Å². The summed E-state index contributed by atoms with van der Waals surface area (Å²) in [6.45, 7) is 0. The van der Waals surface area contributed by atoms with E-state index < -0.39 is 21.7 Å². The molecule has 1 aromatic heterocycles. The summed E-state index contributed by atoms with van der Waals surface area (Å²) in [6.07, 6.45) is 0. The molecule has 0 radical (unpaired) electrons. The quantitative estimate of drug-likeness (QED) is 0.669. The Balaban J connectivity index is 1.71. The third-order valence-electron chi connectivity index (χ3n) is 3.47. The summed E-state index contributed by atoms with van der Waals surface area (Å²) >= 11 is 0. The molecule has 0 saturated carbocycles. The van der Waals surface area contributed by atoms with Crippen molar-refractivity contribution < 1.29 is 21.9 Å². The number of aromatic nitrogens is 2. The predicted molar refractivity (Wildman–Crippen MR) is 95.5 cm³/mol. The lowest BCUT2D eigenvalue weighted by atomic mass is 10.3. The van der Waals surface area contributed by atoms with Gasteiger partial charge < -0.3 is 10.1 Å². The van der Waals surface area contributed by atoms with Crippen LogP contribution in [0.25, 0.3) is 0 Å². The Hall–Kier alpha value is -3.27. The lowest BCUT2D eigenvalue weighted by molar-refractivity contribution is 0.414. The summed E-state index contributed by atoms with van der Waals surface area (Å²) in [6, 6.07) is 11.9. The smallest absolute Gasteiger partial charge is 0.263 e. The highest BCUT2D eigenvalue weighted by atomic mass is 32.2. The summed E-state index contributed by atoms with van der Waals surface area (Å²) in [5.74, 6) is -1.21. The van der Waals surface area contributed by atoms with Crippen LogP contribution >= 0.6 is 0 Å². The van der Waals surface area contributed by atoms with E-state index in [2.05, 4.69) is 20.2 Å². The Bertz CT molecular complexity index is 1040. The van der Waals surface area contributed by atoms with Gasteiger partial charge in [0.05, 0.1) is 12.0 Å². The third-order valence-corrected chi connectivity index (χ3v) is 4.84. The molecule has 0 unspecified atom stereocenters. The zero-order valence-corrected chi connectivity index (χ0v) is 14.8. The van der Waals surface area contributed by atoms with Gasteiger partial charge in [-0.05, 0) is 48.5 Å². The molecule has 140 valence electrons. The minimum atomic E-state index is -3.84. The number of methoxy groups -OCH3 is 1. The number of hydrogen-bond donors (Lipinski definition) is 2. The van der Waals surface area contributed by atoms with Gasteiger partial charge in [-0.25, -0.2) is 17.2 Å². The lowest BCUT2D eigenvalue weighted by Crippen LogP contribution is -2.14. The van der Waals surface area contributed by atoms with Crippen molar-refractivity contribution in [3.63, 3.8) is 0 Å². The number of ether oxygens (including phenoxy) is 1. The van der Waals surface area contributed by atoms with Crippen molar-refractivity contribution in [3.05, 3.63) is 66.2 Å². The molecule has 0 atom stereocenters. The summed E-state index contributed by atoms with van der Waals surface area (Å²) < 4.78 is 58.1. The number of nitrogens with one attached hydrogen (secondary N) is 2. The van der Waals surface area contributed by atoms with E-state index in [-0.39, 0.29) is 22.2 Å². The van der Waals surface area contributed by atoms with E-state index in [1.54, 1.807) is 0 Å². The topological polar surface area (TPSA) is 93.2 Å². The van der Waals surface area contributed by atoms with Gasteiger partial charge in [0.2, 0.25) is 0 Å². The van der Waals surface area contributed by atoms with Crippen LogP contribution in [-0.4, -0.2) is 25.7 Å². The molecule has 0 amide bonds. The van der Waals surface area contributed by atoms with E-state index in [4.69, 9.17) is 4.74 Å². The Morgan fingerprint density at radius 1 is 0.889 bits per heavy atom. The third kappa shape index (κ3) is 4.47. The molecule has 0 aliphatic carbocycles. The van der Waals surface area contributed by atoms with E-state index >= 15 is 0 Å². The molecule has 0 aliphatic rings. The molecule has 0 spiro atoms. The van der Waals surface area contributed by atoms with Gasteiger partial charge in [-0.3, -0.25) is 4.72 Å². The molecule has 0 fully saturated rings. The van der Waals surface area contributed by atoms with Crippen LogP contribution in [0, 0.1) is 11.6 Å². The van der Waals surface area contributed by atoms with Gasteiger partial charge in [0, 0.05) is 11.8 Å². The van der Waals surface area contributed by atoms with E-state index in [1.165, 1.54) is 49.6 Å². The first-order valence-corrected chi connectivity index (χ1v) is 9.08. The maximum Gasteiger partial charge on any atom is 0.263 e. The summed E-state index contributed by atoms with van der Waals surface area (Å²) in [4.78, 5) is 0.0362. The molecule has 2 aromatic carbocycles. The van der Waals surface area contributed by atoms with Gasteiger partial charge in [-0.15, -0.1) is 10.2 Å². The normalized spacial score (nSPS) is 11.1. The summed E-state index contributed by atoms with van der Waals surface area (Å²) in [5, 5.41) is 10.3. The fourth-order valence-corrected chi connectivity index (χ4v) is 3.12. The SMILES string of the molecule is COc1ccc(S(=O)(=O)Nc2ccc(Nc3ccc(F)c(F)c3)nn2)cc1. The zero-order chi connectivity index (χ0) is 19.4. The number of benzene rings is 2. The second-order valence-corrected chi connectivity index (χ2v) is 7.02. The van der Waals surface area contributed by atoms with Crippen molar-refractivity contribution in [1.82, 2.24) is 10.2 Å². The number of sulfonamides is 1. The number of halogens is 2. The second kappa shape index (κ2) is 7.54. The van der Waals surface area contributed by atoms with Crippen LogP contribution in [0.15, 0.2) is 59.5 Å². The second-order valence-electron chi connectivity index (χ2n) is 5.34. The van der Waals surface area contributed by atoms with Crippen LogP contribution in [0.5, 0.6) is 5.75 Å². The van der Waals surface area contributed by atoms with E-state index in [9.17, 15) is 17.2 Å². The minimum Gasteiger partial charge on any atom is -0.497 e. The Labute approximate surface area is 154 Å². The molecule has 0 bridgehead atoms. The van der Waals surface area contributed by atoms with Gasteiger partial charge in [0.25, 0.3) is 10.0 Å². The average molecular weight is 392 g/mol. The van der Waals surface area contributed by atoms with Crippen LogP contribution < -0.4 is 14.8 Å². The first kappa shape index (κ1) is 18.5. The molecule has 0 aliphatic heterocycles. The van der Waals surface area contributed by atoms with Crippen molar-refractivity contribution >= 4 is 27.3 Å². The van der Waals surface area contributed by atoms with E-state index in [0.29, 0.717) is 5.75 Å². The van der Waals surface area contributed by atoms with Crippen LogP contribution in [0.4, 0.5) is 26.1 Å².